The monoisotopic (exact) mass is 487 g/mol. The van der Waals surface area contributed by atoms with Gasteiger partial charge in [-0.3, -0.25) is 9.48 Å². The third-order valence-electron chi connectivity index (χ3n) is 4.41. The third-order valence-corrected chi connectivity index (χ3v) is 4.41. The molecule has 1 amide bonds. The van der Waals surface area contributed by atoms with E-state index in [1.165, 1.54) is 0 Å². The summed E-state index contributed by atoms with van der Waals surface area (Å²) in [7, 11) is 3.76. The smallest absolute Gasteiger partial charge is 0.246 e. The Morgan fingerprint density at radius 3 is 2.63 bits per heavy atom. The summed E-state index contributed by atoms with van der Waals surface area (Å²) >= 11 is 0. The summed E-state index contributed by atoms with van der Waals surface area (Å²) in [5.41, 5.74) is 0.827. The Hall–Kier alpha value is -2.18. The molecule has 1 N–H and O–H groups in total. The van der Waals surface area contributed by atoms with E-state index in [1.54, 1.807) is 15.8 Å². The van der Waals surface area contributed by atoms with Crippen molar-refractivity contribution < 1.29 is 4.79 Å². The number of nitrogens with zero attached hydrogens (tertiary/aromatic N) is 8. The minimum Gasteiger partial charge on any atom is -0.356 e. The van der Waals surface area contributed by atoms with E-state index in [2.05, 4.69) is 25.6 Å². The number of nitrogens with one attached hydrogen (secondary N) is 1. The zero-order valence-corrected chi connectivity index (χ0v) is 18.4. The fourth-order valence-corrected chi connectivity index (χ4v) is 2.83. The second-order valence-electron chi connectivity index (χ2n) is 6.23. The highest BCUT2D eigenvalue weighted by Gasteiger charge is 2.27. The first-order chi connectivity index (χ1) is 12.5. The Bertz CT molecular complexity index is 813. The van der Waals surface area contributed by atoms with Crippen molar-refractivity contribution in [2.45, 2.75) is 20.4 Å². The second kappa shape index (κ2) is 9.15. The predicted molar refractivity (Wildman–Crippen MR) is 113 cm³/mol. The highest BCUT2D eigenvalue weighted by atomic mass is 127. The molecular formula is C16H26IN9O. The summed E-state index contributed by atoms with van der Waals surface area (Å²) in [5, 5.41) is 15.6. The summed E-state index contributed by atoms with van der Waals surface area (Å²) in [6.07, 6.45) is 3.56. The predicted octanol–water partition coefficient (Wildman–Crippen LogP) is 0.289. The molecule has 3 heterocycles. The lowest BCUT2D eigenvalue weighted by atomic mass is 10.3. The lowest BCUT2D eigenvalue weighted by Crippen LogP contribution is -2.55. The van der Waals surface area contributed by atoms with Gasteiger partial charge in [0, 0.05) is 39.9 Å². The number of hydrogen-bond donors (Lipinski definition) is 1. The maximum absolute atomic E-state index is 12.6. The van der Waals surface area contributed by atoms with Crippen LogP contribution in [0, 0.1) is 6.92 Å². The van der Waals surface area contributed by atoms with Crippen LogP contribution in [0.5, 0.6) is 0 Å². The summed E-state index contributed by atoms with van der Waals surface area (Å²) in [5.74, 6) is 2.38. The van der Waals surface area contributed by atoms with E-state index in [-0.39, 0.29) is 36.4 Å². The average Bonchev–Trinajstić information content (AvgIpc) is 3.18. The molecule has 0 aliphatic carbocycles. The topological polar surface area (TPSA) is 96.5 Å². The molecule has 2 aromatic rings. The van der Waals surface area contributed by atoms with Crippen LogP contribution in [0.1, 0.15) is 18.6 Å². The normalized spacial score (nSPS) is 15.1. The quantitative estimate of drug-likeness (QED) is 0.379. The molecule has 1 aliphatic heterocycles. The number of guanidine groups is 1. The molecule has 0 spiro atoms. The van der Waals surface area contributed by atoms with Gasteiger partial charge in [-0.25, -0.2) is 4.99 Å². The van der Waals surface area contributed by atoms with Crippen molar-refractivity contribution in [3.8, 4) is 0 Å². The summed E-state index contributed by atoms with van der Waals surface area (Å²) in [6, 6.07) is 0. The lowest BCUT2D eigenvalue weighted by molar-refractivity contribution is -0.120. The average molecular weight is 487 g/mol. The highest BCUT2D eigenvalue weighted by molar-refractivity contribution is 14.0. The van der Waals surface area contributed by atoms with E-state index < -0.39 is 0 Å². The van der Waals surface area contributed by atoms with Crippen LogP contribution in [0.3, 0.4) is 0 Å². The van der Waals surface area contributed by atoms with E-state index in [0.717, 1.165) is 23.9 Å². The number of rotatable bonds is 4. The number of carbonyl (C=O) groups excluding carboxylic acids is 1. The van der Waals surface area contributed by atoms with Gasteiger partial charge in [-0.1, -0.05) is 0 Å². The number of aryl methyl sites for hydroxylation is 2. The van der Waals surface area contributed by atoms with Gasteiger partial charge in [-0.2, -0.15) is 5.10 Å². The van der Waals surface area contributed by atoms with Gasteiger partial charge in [0.05, 0.1) is 11.9 Å². The molecule has 0 radical (unpaired) electrons. The van der Waals surface area contributed by atoms with Crippen molar-refractivity contribution in [1.82, 2.24) is 34.8 Å². The molecule has 148 valence electrons. The van der Waals surface area contributed by atoms with E-state index >= 15 is 0 Å². The van der Waals surface area contributed by atoms with Crippen molar-refractivity contribution >= 4 is 41.5 Å². The number of anilines is 1. The van der Waals surface area contributed by atoms with Crippen molar-refractivity contribution in [1.29, 1.82) is 0 Å². The maximum atomic E-state index is 12.6. The molecule has 11 heteroatoms. The van der Waals surface area contributed by atoms with Gasteiger partial charge in [0.25, 0.3) is 0 Å². The van der Waals surface area contributed by atoms with Crippen molar-refractivity contribution in [2.75, 3.05) is 31.1 Å². The van der Waals surface area contributed by atoms with Crippen LogP contribution in [0.4, 0.5) is 5.69 Å². The van der Waals surface area contributed by atoms with Crippen molar-refractivity contribution in [3.63, 3.8) is 0 Å². The Balaban J connectivity index is 0.00000261. The number of piperazine rings is 1. The van der Waals surface area contributed by atoms with Crippen LogP contribution >= 0.6 is 24.0 Å². The molecule has 0 atom stereocenters. The molecule has 3 rings (SSSR count). The standard InChI is InChI=1S/C16H25N9O.HI/c1-5-17-16(18-9-14-21-20-12(2)23(14)4)24-6-7-25(15(26)11-24)13-8-19-22(3)10-13;/h8,10H,5-7,9,11H2,1-4H3,(H,17,18);1H. The van der Waals surface area contributed by atoms with Gasteiger partial charge in [0.1, 0.15) is 18.9 Å². The van der Waals surface area contributed by atoms with Gasteiger partial charge in [0.15, 0.2) is 11.8 Å². The Morgan fingerprint density at radius 1 is 1.30 bits per heavy atom. The third kappa shape index (κ3) is 4.76. The van der Waals surface area contributed by atoms with Crippen molar-refractivity contribution in [2.24, 2.45) is 19.1 Å². The number of halogens is 1. The highest BCUT2D eigenvalue weighted by Crippen LogP contribution is 2.16. The van der Waals surface area contributed by atoms with Gasteiger partial charge >= 0.3 is 0 Å². The van der Waals surface area contributed by atoms with Crippen molar-refractivity contribution in [3.05, 3.63) is 24.0 Å². The molecule has 1 fully saturated rings. The zero-order chi connectivity index (χ0) is 18.7. The largest absolute Gasteiger partial charge is 0.356 e. The molecule has 0 bridgehead atoms. The van der Waals surface area contributed by atoms with Crippen LogP contribution in [0.25, 0.3) is 0 Å². The Morgan fingerprint density at radius 2 is 2.07 bits per heavy atom. The molecule has 0 saturated carbocycles. The summed E-state index contributed by atoms with van der Waals surface area (Å²) in [6.45, 7) is 6.63. The zero-order valence-electron chi connectivity index (χ0n) is 16.1. The van der Waals surface area contributed by atoms with Crippen LogP contribution in [0.2, 0.25) is 0 Å². The molecule has 0 unspecified atom stereocenters. The first-order valence-electron chi connectivity index (χ1n) is 8.66. The minimum atomic E-state index is 0. The van der Waals surface area contributed by atoms with E-state index in [0.29, 0.717) is 25.6 Å². The summed E-state index contributed by atoms with van der Waals surface area (Å²) < 4.78 is 3.61. The van der Waals surface area contributed by atoms with Gasteiger partial charge < -0.3 is 19.7 Å². The van der Waals surface area contributed by atoms with Crippen LogP contribution in [-0.2, 0) is 25.4 Å². The summed E-state index contributed by atoms with van der Waals surface area (Å²) in [4.78, 5) is 21.0. The Kier molecular flexibility index (Phi) is 7.16. The van der Waals surface area contributed by atoms with Crippen LogP contribution in [-0.4, -0.2) is 67.5 Å². The van der Waals surface area contributed by atoms with Gasteiger partial charge in [-0.15, -0.1) is 34.2 Å². The molecular weight excluding hydrogens is 461 g/mol. The lowest BCUT2D eigenvalue weighted by Gasteiger charge is -2.35. The first kappa shape index (κ1) is 21.1. The van der Waals surface area contributed by atoms with E-state index in [1.807, 2.05) is 43.6 Å². The number of carbonyl (C=O) groups is 1. The minimum absolute atomic E-state index is 0. The van der Waals surface area contributed by atoms with Gasteiger partial charge in [-0.05, 0) is 13.8 Å². The number of aromatic nitrogens is 5. The SMILES string of the molecule is CCNC(=NCc1nnc(C)n1C)N1CCN(c2cnn(C)c2)C(=O)C1.I. The molecule has 27 heavy (non-hydrogen) atoms. The van der Waals surface area contributed by atoms with Gasteiger partial charge in [0.2, 0.25) is 5.91 Å². The molecule has 2 aromatic heterocycles. The second-order valence-corrected chi connectivity index (χ2v) is 6.23. The molecule has 1 saturated heterocycles. The molecule has 0 aromatic carbocycles. The number of aliphatic imine (C=N–C) groups is 1. The maximum Gasteiger partial charge on any atom is 0.246 e. The van der Waals surface area contributed by atoms with E-state index in [9.17, 15) is 4.79 Å². The number of amides is 1. The Labute approximate surface area is 175 Å². The number of hydrogen-bond acceptors (Lipinski definition) is 5. The fourth-order valence-electron chi connectivity index (χ4n) is 2.83. The first-order valence-corrected chi connectivity index (χ1v) is 8.66. The van der Waals surface area contributed by atoms with Crippen LogP contribution in [0.15, 0.2) is 17.4 Å². The fraction of sp³-hybridized carbons (Fsp3) is 0.562. The molecule has 1 aliphatic rings. The van der Waals surface area contributed by atoms with Crippen LogP contribution < -0.4 is 10.2 Å². The molecule has 10 nitrogen and oxygen atoms in total. The van der Waals surface area contributed by atoms with E-state index in [4.69, 9.17) is 0 Å².